The number of piperazine rings is 1. The molecular weight excluding hydrogens is 415 g/mol. The van der Waals surface area contributed by atoms with E-state index in [0.717, 1.165) is 48.2 Å². The van der Waals surface area contributed by atoms with Crippen molar-refractivity contribution in [2.24, 2.45) is 0 Å². The summed E-state index contributed by atoms with van der Waals surface area (Å²) >= 11 is 13.5. The van der Waals surface area contributed by atoms with Crippen LogP contribution in [-0.4, -0.2) is 51.7 Å². The molecular formula is C20H20Cl2N4OS. The fourth-order valence-corrected chi connectivity index (χ4v) is 4.58. The number of carbonyl (C=O) groups excluding carboxylic acids is 1. The number of nitrogens with zero attached hydrogens (tertiary/aromatic N) is 4. The minimum absolute atomic E-state index is 0.108. The normalized spacial score (nSPS) is 15.1. The number of rotatable bonds is 5. The molecule has 2 aromatic heterocycles. The van der Waals surface area contributed by atoms with E-state index in [9.17, 15) is 4.79 Å². The highest BCUT2D eigenvalue weighted by atomic mass is 35.5. The van der Waals surface area contributed by atoms with E-state index >= 15 is 0 Å². The molecule has 1 fully saturated rings. The van der Waals surface area contributed by atoms with Crippen LogP contribution in [0.4, 0.5) is 0 Å². The molecule has 8 heteroatoms. The largest absolute Gasteiger partial charge is 0.335 e. The van der Waals surface area contributed by atoms with Crippen LogP contribution in [0.2, 0.25) is 10.0 Å². The molecule has 1 aromatic carbocycles. The summed E-state index contributed by atoms with van der Waals surface area (Å²) in [6.45, 7) is 4.68. The van der Waals surface area contributed by atoms with E-state index < -0.39 is 0 Å². The number of carbonyl (C=O) groups is 1. The summed E-state index contributed by atoms with van der Waals surface area (Å²) in [6, 6.07) is 9.91. The van der Waals surface area contributed by atoms with Gasteiger partial charge in [-0.15, -0.1) is 11.3 Å². The first-order chi connectivity index (χ1) is 13.6. The minimum atomic E-state index is 0.108. The molecule has 3 aromatic rings. The lowest BCUT2D eigenvalue weighted by molar-refractivity contribution is 0.0633. The Morgan fingerprint density at radius 3 is 2.57 bits per heavy atom. The Labute approximate surface area is 178 Å². The predicted molar refractivity (Wildman–Crippen MR) is 113 cm³/mol. The van der Waals surface area contributed by atoms with Crippen LogP contribution < -0.4 is 0 Å². The van der Waals surface area contributed by atoms with Gasteiger partial charge in [0, 0.05) is 43.9 Å². The summed E-state index contributed by atoms with van der Waals surface area (Å²) in [5, 5.41) is 7.57. The standard InChI is InChI=1S/C20H20Cl2N4OS/c21-17-3-1-2-15(8-17)11-24-4-6-25(7-5-24)20(27)19-9-16(14-28-19)12-26-13-18(22)10-23-26/h1-3,8-10,13-14H,4-7,11-12H2. The summed E-state index contributed by atoms with van der Waals surface area (Å²) in [5.41, 5.74) is 2.27. The lowest BCUT2D eigenvalue weighted by atomic mass is 10.2. The van der Waals surface area contributed by atoms with Gasteiger partial charge in [-0.2, -0.15) is 5.10 Å². The summed E-state index contributed by atoms with van der Waals surface area (Å²) in [7, 11) is 0. The van der Waals surface area contributed by atoms with Crippen molar-refractivity contribution in [3.63, 3.8) is 0 Å². The Morgan fingerprint density at radius 2 is 1.86 bits per heavy atom. The van der Waals surface area contributed by atoms with Gasteiger partial charge in [-0.05, 0) is 34.7 Å². The van der Waals surface area contributed by atoms with Crippen LogP contribution in [0, 0.1) is 0 Å². The van der Waals surface area contributed by atoms with Crippen LogP contribution in [0.25, 0.3) is 0 Å². The van der Waals surface area contributed by atoms with Gasteiger partial charge in [0.25, 0.3) is 5.91 Å². The zero-order valence-electron chi connectivity index (χ0n) is 15.2. The third-order valence-electron chi connectivity index (χ3n) is 4.77. The van der Waals surface area contributed by atoms with Crippen LogP contribution in [0.3, 0.4) is 0 Å². The second kappa shape index (κ2) is 8.66. The van der Waals surface area contributed by atoms with Crippen molar-refractivity contribution in [2.75, 3.05) is 26.2 Å². The molecule has 1 amide bonds. The molecule has 1 aliphatic heterocycles. The molecule has 0 N–H and O–H groups in total. The molecule has 0 unspecified atom stereocenters. The van der Waals surface area contributed by atoms with Gasteiger partial charge in [0.2, 0.25) is 0 Å². The molecule has 28 heavy (non-hydrogen) atoms. The van der Waals surface area contributed by atoms with Gasteiger partial charge in [0.05, 0.1) is 22.6 Å². The van der Waals surface area contributed by atoms with Gasteiger partial charge < -0.3 is 4.90 Å². The maximum absolute atomic E-state index is 12.8. The van der Waals surface area contributed by atoms with E-state index in [1.807, 2.05) is 34.5 Å². The SMILES string of the molecule is O=C(c1cc(Cn2cc(Cl)cn2)cs1)N1CCN(Cc2cccc(Cl)c2)CC1. The van der Waals surface area contributed by atoms with E-state index in [4.69, 9.17) is 23.2 Å². The number of benzene rings is 1. The minimum Gasteiger partial charge on any atom is -0.335 e. The van der Waals surface area contributed by atoms with Crippen molar-refractivity contribution in [3.05, 3.63) is 74.2 Å². The molecule has 3 heterocycles. The number of aromatic nitrogens is 2. The first-order valence-corrected chi connectivity index (χ1v) is 10.7. The highest BCUT2D eigenvalue weighted by Crippen LogP contribution is 2.20. The van der Waals surface area contributed by atoms with E-state index in [2.05, 4.69) is 16.1 Å². The third-order valence-corrected chi connectivity index (χ3v) is 6.16. The van der Waals surface area contributed by atoms with Gasteiger partial charge in [-0.3, -0.25) is 14.4 Å². The zero-order valence-corrected chi connectivity index (χ0v) is 17.6. The van der Waals surface area contributed by atoms with E-state index in [1.165, 1.54) is 16.9 Å². The van der Waals surface area contributed by atoms with Crippen molar-refractivity contribution in [2.45, 2.75) is 13.1 Å². The number of amides is 1. The smallest absolute Gasteiger partial charge is 0.264 e. The lowest BCUT2D eigenvalue weighted by Gasteiger charge is -2.34. The molecule has 1 aliphatic rings. The first kappa shape index (κ1) is 19.5. The molecule has 0 bridgehead atoms. The van der Waals surface area contributed by atoms with Gasteiger partial charge in [0.15, 0.2) is 0 Å². The average molecular weight is 435 g/mol. The van der Waals surface area contributed by atoms with Gasteiger partial charge in [-0.1, -0.05) is 35.3 Å². The number of hydrogen-bond acceptors (Lipinski definition) is 4. The van der Waals surface area contributed by atoms with Crippen molar-refractivity contribution in [1.29, 1.82) is 0 Å². The van der Waals surface area contributed by atoms with Crippen molar-refractivity contribution in [3.8, 4) is 0 Å². The molecule has 0 radical (unpaired) electrons. The zero-order chi connectivity index (χ0) is 19.5. The molecule has 5 nitrogen and oxygen atoms in total. The van der Waals surface area contributed by atoms with Crippen LogP contribution in [0.15, 0.2) is 48.1 Å². The Balaban J connectivity index is 1.31. The van der Waals surface area contributed by atoms with Crippen molar-refractivity contribution in [1.82, 2.24) is 19.6 Å². The highest BCUT2D eigenvalue weighted by molar-refractivity contribution is 7.12. The second-order valence-electron chi connectivity index (χ2n) is 6.87. The van der Waals surface area contributed by atoms with Gasteiger partial charge in [0.1, 0.15) is 0 Å². The third kappa shape index (κ3) is 4.75. The molecule has 0 spiro atoms. The van der Waals surface area contributed by atoms with Gasteiger partial charge >= 0.3 is 0 Å². The molecule has 0 aliphatic carbocycles. The summed E-state index contributed by atoms with van der Waals surface area (Å²) in [5.74, 6) is 0.108. The number of halogens is 2. The average Bonchev–Trinajstić information content (AvgIpc) is 3.31. The van der Waals surface area contributed by atoms with Crippen LogP contribution in [0.5, 0.6) is 0 Å². The van der Waals surface area contributed by atoms with Gasteiger partial charge in [-0.25, -0.2) is 0 Å². The predicted octanol–water partition coefficient (Wildman–Crippen LogP) is 4.26. The second-order valence-corrected chi connectivity index (χ2v) is 8.66. The Morgan fingerprint density at radius 1 is 1.04 bits per heavy atom. The topological polar surface area (TPSA) is 41.4 Å². The molecule has 0 atom stereocenters. The Hall–Kier alpha value is -1.86. The van der Waals surface area contributed by atoms with E-state index in [0.29, 0.717) is 11.6 Å². The van der Waals surface area contributed by atoms with Crippen molar-refractivity contribution >= 4 is 40.4 Å². The quantitative estimate of drug-likeness (QED) is 0.602. The number of thiophene rings is 1. The lowest BCUT2D eigenvalue weighted by Crippen LogP contribution is -2.48. The van der Waals surface area contributed by atoms with E-state index in [-0.39, 0.29) is 5.91 Å². The van der Waals surface area contributed by atoms with Crippen molar-refractivity contribution < 1.29 is 4.79 Å². The van der Waals surface area contributed by atoms with Crippen LogP contribution >= 0.6 is 34.5 Å². The van der Waals surface area contributed by atoms with E-state index in [1.54, 1.807) is 17.1 Å². The number of hydrogen-bond donors (Lipinski definition) is 0. The maximum Gasteiger partial charge on any atom is 0.264 e. The fourth-order valence-electron chi connectivity index (χ4n) is 3.34. The monoisotopic (exact) mass is 434 g/mol. The Kier molecular flexibility index (Phi) is 6.01. The summed E-state index contributed by atoms with van der Waals surface area (Å²) < 4.78 is 1.77. The fraction of sp³-hybridized carbons (Fsp3) is 0.300. The molecule has 4 rings (SSSR count). The molecule has 0 saturated carbocycles. The molecule has 1 saturated heterocycles. The van der Waals surface area contributed by atoms with Crippen LogP contribution in [-0.2, 0) is 13.1 Å². The first-order valence-electron chi connectivity index (χ1n) is 9.08. The molecule has 146 valence electrons. The van der Waals surface area contributed by atoms with Crippen LogP contribution in [0.1, 0.15) is 20.8 Å². The summed E-state index contributed by atoms with van der Waals surface area (Å²) in [6.07, 6.45) is 3.39. The Bertz CT molecular complexity index is 963. The maximum atomic E-state index is 12.8. The highest BCUT2D eigenvalue weighted by Gasteiger charge is 2.23. The summed E-state index contributed by atoms with van der Waals surface area (Å²) in [4.78, 5) is 17.9.